The molecule has 0 bridgehead atoms. The van der Waals surface area contributed by atoms with Gasteiger partial charge in [-0.15, -0.1) is 0 Å². The van der Waals surface area contributed by atoms with Gasteiger partial charge < -0.3 is 14.5 Å². The van der Waals surface area contributed by atoms with Gasteiger partial charge in [0.05, 0.1) is 32.7 Å². The summed E-state index contributed by atoms with van der Waals surface area (Å²) < 4.78 is 5.29. The zero-order chi connectivity index (χ0) is 16.4. The molecule has 3 rings (SSSR count). The Labute approximate surface area is 136 Å². The van der Waals surface area contributed by atoms with Crippen LogP contribution in [-0.2, 0) is 19.1 Å². The second kappa shape index (κ2) is 6.97. The highest BCUT2D eigenvalue weighted by molar-refractivity contribution is 6.04. The molecule has 3 heterocycles. The van der Waals surface area contributed by atoms with Crippen molar-refractivity contribution in [1.82, 2.24) is 9.80 Å². The summed E-state index contributed by atoms with van der Waals surface area (Å²) in [6, 6.07) is -0.234. The highest BCUT2D eigenvalue weighted by Crippen LogP contribution is 2.17. The number of amides is 3. The number of nitrogens with one attached hydrogen (secondary N) is 1. The molecule has 1 N–H and O–H groups in total. The van der Waals surface area contributed by atoms with E-state index in [1.165, 1.54) is 9.80 Å². The molecule has 23 heavy (non-hydrogen) atoms. The second-order valence-electron chi connectivity index (χ2n) is 6.60. The molecule has 0 unspecified atom stereocenters. The summed E-state index contributed by atoms with van der Waals surface area (Å²) in [5, 5.41) is 0. The molecule has 1 atom stereocenters. The fourth-order valence-corrected chi connectivity index (χ4v) is 3.96. The van der Waals surface area contributed by atoms with E-state index in [1.54, 1.807) is 0 Å². The lowest BCUT2D eigenvalue weighted by molar-refractivity contribution is -0.920. The highest BCUT2D eigenvalue weighted by Gasteiger charge is 2.45. The number of rotatable bonds is 3. The van der Waals surface area contributed by atoms with Crippen LogP contribution in [0.1, 0.15) is 26.2 Å². The second-order valence-corrected chi connectivity index (χ2v) is 6.60. The summed E-state index contributed by atoms with van der Waals surface area (Å²) in [6.45, 7) is 6.51. The highest BCUT2D eigenvalue weighted by atomic mass is 16.5. The van der Waals surface area contributed by atoms with Gasteiger partial charge in [0.15, 0.2) is 6.04 Å². The van der Waals surface area contributed by atoms with E-state index in [0.29, 0.717) is 39.3 Å². The number of nitrogens with zero attached hydrogens (tertiary/aromatic N) is 2. The van der Waals surface area contributed by atoms with Crippen LogP contribution in [-0.4, -0.2) is 79.5 Å². The fraction of sp³-hybridized carbons (Fsp3) is 0.812. The van der Waals surface area contributed by atoms with Crippen molar-refractivity contribution in [2.75, 3.05) is 45.9 Å². The zero-order valence-corrected chi connectivity index (χ0v) is 13.8. The Bertz CT molecular complexity index is 482. The molecule has 0 aromatic rings. The number of quaternary nitrogens is 1. The summed E-state index contributed by atoms with van der Waals surface area (Å²) in [4.78, 5) is 41.1. The molecule has 0 spiro atoms. The Morgan fingerprint density at radius 2 is 1.87 bits per heavy atom. The van der Waals surface area contributed by atoms with Crippen LogP contribution in [0.25, 0.3) is 0 Å². The molecule has 3 aliphatic heterocycles. The lowest BCUT2D eigenvalue weighted by Crippen LogP contribution is -3.17. The number of ether oxygens (including phenoxy) is 1. The van der Waals surface area contributed by atoms with Crippen molar-refractivity contribution >= 4 is 17.7 Å². The van der Waals surface area contributed by atoms with Crippen molar-refractivity contribution in [3.63, 3.8) is 0 Å². The van der Waals surface area contributed by atoms with Crippen molar-refractivity contribution in [3.05, 3.63) is 0 Å². The van der Waals surface area contributed by atoms with E-state index in [9.17, 15) is 14.4 Å². The molecule has 3 aliphatic rings. The van der Waals surface area contributed by atoms with E-state index in [4.69, 9.17) is 4.74 Å². The number of likely N-dealkylation sites (N-methyl/N-ethyl adjacent to an activating group) is 1. The van der Waals surface area contributed by atoms with Gasteiger partial charge in [-0.2, -0.15) is 0 Å². The lowest BCUT2D eigenvalue weighted by atomic mass is 9.94. The Hall–Kier alpha value is -1.47. The van der Waals surface area contributed by atoms with Crippen molar-refractivity contribution < 1.29 is 24.0 Å². The molecule has 0 aromatic carbocycles. The first-order valence-electron chi connectivity index (χ1n) is 8.67. The Morgan fingerprint density at radius 1 is 1.22 bits per heavy atom. The van der Waals surface area contributed by atoms with E-state index in [-0.39, 0.29) is 29.7 Å². The molecular weight excluding hydrogens is 298 g/mol. The summed E-state index contributed by atoms with van der Waals surface area (Å²) >= 11 is 0. The minimum absolute atomic E-state index is 0.0366. The maximum Gasteiger partial charge on any atom is 0.287 e. The first-order chi connectivity index (χ1) is 11.1. The molecule has 7 heteroatoms. The largest absolute Gasteiger partial charge is 0.378 e. The number of morpholine rings is 1. The molecule has 3 saturated heterocycles. The smallest absolute Gasteiger partial charge is 0.287 e. The van der Waals surface area contributed by atoms with E-state index >= 15 is 0 Å². The van der Waals surface area contributed by atoms with Crippen molar-refractivity contribution in [3.8, 4) is 0 Å². The normalized spacial score (nSPS) is 32.5. The predicted molar refractivity (Wildman–Crippen MR) is 81.6 cm³/mol. The van der Waals surface area contributed by atoms with Gasteiger partial charge in [-0.3, -0.25) is 19.3 Å². The number of likely N-dealkylation sites (tertiary alicyclic amines) is 2. The molecule has 0 aromatic heterocycles. The average molecular weight is 324 g/mol. The monoisotopic (exact) mass is 324 g/mol. The summed E-state index contributed by atoms with van der Waals surface area (Å²) in [7, 11) is 0. The Balaban J connectivity index is 1.53. The average Bonchev–Trinajstić information content (AvgIpc) is 2.89. The topological polar surface area (TPSA) is 71.4 Å². The molecule has 3 amide bonds. The van der Waals surface area contributed by atoms with E-state index in [1.807, 2.05) is 11.8 Å². The predicted octanol–water partition coefficient (Wildman–Crippen LogP) is -1.71. The molecule has 3 fully saturated rings. The van der Waals surface area contributed by atoms with Crippen LogP contribution >= 0.6 is 0 Å². The van der Waals surface area contributed by atoms with Crippen LogP contribution < -0.4 is 4.90 Å². The van der Waals surface area contributed by atoms with Gasteiger partial charge in [0.25, 0.3) is 5.91 Å². The van der Waals surface area contributed by atoms with Crippen LogP contribution in [0.3, 0.4) is 0 Å². The van der Waals surface area contributed by atoms with Gasteiger partial charge in [0, 0.05) is 38.4 Å². The summed E-state index contributed by atoms with van der Waals surface area (Å²) in [5.74, 6) is 0.203. The third kappa shape index (κ3) is 3.26. The molecule has 0 aliphatic carbocycles. The molecular formula is C16H26N3O4+. The number of carbonyl (C=O) groups is 3. The van der Waals surface area contributed by atoms with E-state index < -0.39 is 0 Å². The van der Waals surface area contributed by atoms with Gasteiger partial charge in [-0.25, -0.2) is 0 Å². The lowest BCUT2D eigenvalue weighted by Gasteiger charge is -2.35. The third-order valence-electron chi connectivity index (χ3n) is 5.35. The third-order valence-corrected chi connectivity index (χ3v) is 5.35. The number of piperidine rings is 1. The maximum absolute atomic E-state index is 12.5. The van der Waals surface area contributed by atoms with Crippen LogP contribution in [0.4, 0.5) is 0 Å². The Kier molecular flexibility index (Phi) is 4.96. The number of carbonyl (C=O) groups excluding carboxylic acids is 3. The van der Waals surface area contributed by atoms with Crippen molar-refractivity contribution in [2.45, 2.75) is 32.2 Å². The minimum Gasteiger partial charge on any atom is -0.378 e. The molecule has 0 saturated carbocycles. The number of hydrogen-bond donors (Lipinski definition) is 1. The number of hydrogen-bond acceptors (Lipinski definition) is 4. The zero-order valence-electron chi connectivity index (χ0n) is 13.8. The van der Waals surface area contributed by atoms with Crippen LogP contribution in [0.15, 0.2) is 0 Å². The van der Waals surface area contributed by atoms with E-state index in [2.05, 4.69) is 0 Å². The molecule has 7 nitrogen and oxygen atoms in total. The van der Waals surface area contributed by atoms with Crippen LogP contribution in [0.5, 0.6) is 0 Å². The van der Waals surface area contributed by atoms with Gasteiger partial charge in [0.2, 0.25) is 11.8 Å². The molecule has 128 valence electrons. The van der Waals surface area contributed by atoms with Gasteiger partial charge in [-0.05, 0) is 6.92 Å². The first-order valence-corrected chi connectivity index (χ1v) is 8.67. The molecule has 0 radical (unpaired) electrons. The van der Waals surface area contributed by atoms with Gasteiger partial charge in [-0.1, -0.05) is 0 Å². The summed E-state index contributed by atoms with van der Waals surface area (Å²) in [6.07, 6.45) is 1.93. The SMILES string of the molecule is CCN1C(=O)C[C@H]([NH+]2CCC(C(=O)N3CCOCC3)CC2)C1=O. The van der Waals surface area contributed by atoms with Crippen molar-refractivity contribution in [2.24, 2.45) is 5.92 Å². The quantitative estimate of drug-likeness (QED) is 0.628. The van der Waals surface area contributed by atoms with Gasteiger partial charge >= 0.3 is 0 Å². The van der Waals surface area contributed by atoms with Crippen molar-refractivity contribution in [1.29, 1.82) is 0 Å². The summed E-state index contributed by atoms with van der Waals surface area (Å²) in [5.41, 5.74) is 0. The van der Waals surface area contributed by atoms with Crippen LogP contribution in [0.2, 0.25) is 0 Å². The van der Waals surface area contributed by atoms with Gasteiger partial charge in [0.1, 0.15) is 0 Å². The minimum atomic E-state index is -0.234. The Morgan fingerprint density at radius 3 is 2.43 bits per heavy atom. The van der Waals surface area contributed by atoms with E-state index in [0.717, 1.165) is 25.9 Å². The van der Waals surface area contributed by atoms with Crippen LogP contribution in [0, 0.1) is 5.92 Å². The number of imide groups is 1. The standard InChI is InChI=1S/C16H25N3O4/c1-2-19-14(20)11-13(16(19)22)17-5-3-12(4-6-17)15(21)18-7-9-23-10-8-18/h12-13H,2-11H2,1H3/p+1/t13-/m0/s1. The fourth-order valence-electron chi connectivity index (χ4n) is 3.96. The first kappa shape index (κ1) is 16.4. The maximum atomic E-state index is 12.5.